The van der Waals surface area contributed by atoms with Crippen molar-refractivity contribution in [3.63, 3.8) is 0 Å². The van der Waals surface area contributed by atoms with Gasteiger partial charge in [0, 0.05) is 11.7 Å². The molecule has 3 aromatic rings. The van der Waals surface area contributed by atoms with Gasteiger partial charge < -0.3 is 25.2 Å². The van der Waals surface area contributed by atoms with Crippen LogP contribution in [0.2, 0.25) is 5.02 Å². The molecule has 1 aromatic heterocycles. The summed E-state index contributed by atoms with van der Waals surface area (Å²) >= 11 is 6.30. The molecule has 0 radical (unpaired) electrons. The first-order valence-electron chi connectivity index (χ1n) is 12.4. The SMILES string of the molecule is COc1ccc(Nc2nc(NC3CCCCCC3)nc(Oc3ccccc3C#CC(C)(C)O)n2)cc1Cl. The molecule has 3 N–H and O–H groups in total. The molecule has 0 atom stereocenters. The molecule has 194 valence electrons. The lowest BCUT2D eigenvalue weighted by Crippen LogP contribution is -2.20. The maximum atomic E-state index is 10.0. The normalized spacial score (nSPS) is 14.2. The lowest BCUT2D eigenvalue weighted by Gasteiger charge is -2.17. The molecule has 0 amide bonds. The summed E-state index contributed by atoms with van der Waals surface area (Å²) in [4.78, 5) is 13.6. The van der Waals surface area contributed by atoms with Gasteiger partial charge in [0.1, 0.15) is 17.1 Å². The van der Waals surface area contributed by atoms with Crippen LogP contribution in [0.5, 0.6) is 17.5 Å². The minimum Gasteiger partial charge on any atom is -0.495 e. The summed E-state index contributed by atoms with van der Waals surface area (Å²) in [5, 5.41) is 17.1. The van der Waals surface area contributed by atoms with Gasteiger partial charge in [-0.3, -0.25) is 0 Å². The highest BCUT2D eigenvalue weighted by atomic mass is 35.5. The van der Waals surface area contributed by atoms with Gasteiger partial charge in [-0.15, -0.1) is 0 Å². The molecule has 1 aliphatic rings. The molecule has 4 rings (SSSR count). The van der Waals surface area contributed by atoms with Crippen molar-refractivity contribution >= 4 is 29.2 Å². The Balaban J connectivity index is 1.65. The highest BCUT2D eigenvalue weighted by Crippen LogP contribution is 2.30. The Bertz CT molecular complexity index is 1270. The molecule has 0 spiro atoms. The Morgan fingerprint density at radius 3 is 2.41 bits per heavy atom. The summed E-state index contributed by atoms with van der Waals surface area (Å²) < 4.78 is 11.3. The van der Waals surface area contributed by atoms with Crippen LogP contribution in [-0.4, -0.2) is 38.8 Å². The average molecular weight is 522 g/mol. The fourth-order valence-corrected chi connectivity index (χ4v) is 4.24. The number of nitrogens with one attached hydrogen (secondary N) is 2. The predicted molar refractivity (Wildman–Crippen MR) is 146 cm³/mol. The van der Waals surface area contributed by atoms with Crippen LogP contribution in [0.25, 0.3) is 0 Å². The van der Waals surface area contributed by atoms with Gasteiger partial charge in [-0.2, -0.15) is 15.0 Å². The van der Waals surface area contributed by atoms with E-state index in [0.29, 0.717) is 39.7 Å². The number of nitrogens with zero attached hydrogens (tertiary/aromatic N) is 3. The van der Waals surface area contributed by atoms with Crippen molar-refractivity contribution in [2.45, 2.75) is 64.0 Å². The van der Waals surface area contributed by atoms with Crippen molar-refractivity contribution in [3.8, 4) is 29.4 Å². The molecular weight excluding hydrogens is 490 g/mol. The second-order valence-corrected chi connectivity index (χ2v) is 9.89. The smallest absolute Gasteiger partial charge is 0.328 e. The fourth-order valence-electron chi connectivity index (χ4n) is 3.98. The maximum absolute atomic E-state index is 10.0. The summed E-state index contributed by atoms with van der Waals surface area (Å²) in [5.41, 5.74) is 0.173. The molecular formula is C28H32ClN5O3. The molecule has 9 heteroatoms. The quantitative estimate of drug-likeness (QED) is 0.245. The first kappa shape index (κ1) is 26.5. The predicted octanol–water partition coefficient (Wildman–Crippen LogP) is 6.33. The van der Waals surface area contributed by atoms with E-state index >= 15 is 0 Å². The first-order chi connectivity index (χ1) is 17.8. The maximum Gasteiger partial charge on any atom is 0.328 e. The molecule has 8 nitrogen and oxygen atoms in total. The standard InChI is InChI=1S/C28H32ClN5O3/c1-28(2,35)17-16-19-10-8-9-13-23(19)37-27-33-25(30-20-11-6-4-5-7-12-20)32-26(34-27)31-21-14-15-24(36-3)22(29)18-21/h8-10,13-15,18,20,35H,4-7,11-12H2,1-3H3,(H2,30,31,32,33,34). The lowest BCUT2D eigenvalue weighted by atomic mass is 10.1. The summed E-state index contributed by atoms with van der Waals surface area (Å²) in [6.45, 7) is 3.26. The number of methoxy groups -OCH3 is 1. The van der Waals surface area contributed by atoms with E-state index in [0.717, 1.165) is 12.8 Å². The highest BCUT2D eigenvalue weighted by Gasteiger charge is 2.17. The topological polar surface area (TPSA) is 101 Å². The number of anilines is 3. The van der Waals surface area contributed by atoms with E-state index in [9.17, 15) is 5.11 Å². The molecule has 2 aromatic carbocycles. The van der Waals surface area contributed by atoms with Crippen molar-refractivity contribution in [1.82, 2.24) is 15.0 Å². The van der Waals surface area contributed by atoms with Crippen molar-refractivity contribution < 1.29 is 14.6 Å². The molecule has 1 fully saturated rings. The zero-order valence-electron chi connectivity index (χ0n) is 21.3. The van der Waals surface area contributed by atoms with Crippen LogP contribution < -0.4 is 20.1 Å². The molecule has 1 saturated carbocycles. The number of aromatic nitrogens is 3. The summed E-state index contributed by atoms with van der Waals surface area (Å²) in [6, 6.07) is 13.0. The third-order valence-corrected chi connectivity index (χ3v) is 6.10. The minimum absolute atomic E-state index is 0.116. The molecule has 37 heavy (non-hydrogen) atoms. The summed E-state index contributed by atoms with van der Waals surface area (Å²) in [5.74, 6) is 7.59. The second-order valence-electron chi connectivity index (χ2n) is 9.48. The van der Waals surface area contributed by atoms with Crippen molar-refractivity contribution in [3.05, 3.63) is 53.1 Å². The van der Waals surface area contributed by atoms with Gasteiger partial charge in [-0.1, -0.05) is 61.3 Å². The Morgan fingerprint density at radius 1 is 0.973 bits per heavy atom. The Morgan fingerprint density at radius 2 is 1.70 bits per heavy atom. The Kier molecular flexibility index (Phi) is 8.70. The number of halogens is 1. The number of ether oxygens (including phenoxy) is 2. The van der Waals surface area contributed by atoms with E-state index < -0.39 is 5.60 Å². The number of aliphatic hydroxyl groups is 1. The van der Waals surface area contributed by atoms with Crippen molar-refractivity contribution in [2.24, 2.45) is 0 Å². The molecule has 0 bridgehead atoms. The first-order valence-corrected chi connectivity index (χ1v) is 12.8. The molecule has 1 heterocycles. The number of hydrogen-bond donors (Lipinski definition) is 3. The van der Waals surface area contributed by atoms with Gasteiger partial charge in [0.05, 0.1) is 17.7 Å². The third-order valence-electron chi connectivity index (χ3n) is 5.80. The lowest BCUT2D eigenvalue weighted by molar-refractivity contribution is 0.143. The number of rotatable bonds is 7. The molecule has 0 aliphatic heterocycles. The van der Waals surface area contributed by atoms with Crippen LogP contribution in [-0.2, 0) is 0 Å². The minimum atomic E-state index is -1.13. The zero-order chi connectivity index (χ0) is 26.3. The fraction of sp³-hybridized carbons (Fsp3) is 0.393. The van der Waals surface area contributed by atoms with E-state index in [1.165, 1.54) is 25.7 Å². The van der Waals surface area contributed by atoms with Gasteiger partial charge in [0.15, 0.2) is 0 Å². The number of benzene rings is 2. The van der Waals surface area contributed by atoms with Crippen molar-refractivity contribution in [1.29, 1.82) is 0 Å². The van der Waals surface area contributed by atoms with Crippen LogP contribution in [0.1, 0.15) is 57.9 Å². The van der Waals surface area contributed by atoms with E-state index in [1.54, 1.807) is 39.2 Å². The monoisotopic (exact) mass is 521 g/mol. The van der Waals surface area contributed by atoms with Gasteiger partial charge in [0.2, 0.25) is 11.9 Å². The summed E-state index contributed by atoms with van der Waals surface area (Å²) in [6.07, 6.45) is 6.97. The molecule has 0 saturated heterocycles. The van der Waals surface area contributed by atoms with Gasteiger partial charge in [-0.05, 0) is 57.0 Å². The highest BCUT2D eigenvalue weighted by molar-refractivity contribution is 6.32. The van der Waals surface area contributed by atoms with Crippen LogP contribution in [0.4, 0.5) is 17.6 Å². The van der Waals surface area contributed by atoms with Gasteiger partial charge >= 0.3 is 6.01 Å². The van der Waals surface area contributed by atoms with Crippen LogP contribution in [0.15, 0.2) is 42.5 Å². The van der Waals surface area contributed by atoms with Gasteiger partial charge in [-0.25, -0.2) is 0 Å². The van der Waals surface area contributed by atoms with Gasteiger partial charge in [0.25, 0.3) is 0 Å². The summed E-state index contributed by atoms with van der Waals surface area (Å²) in [7, 11) is 1.57. The number of para-hydroxylation sites is 1. The van der Waals surface area contributed by atoms with E-state index in [-0.39, 0.29) is 12.1 Å². The zero-order valence-corrected chi connectivity index (χ0v) is 22.1. The second kappa shape index (κ2) is 12.1. The van der Waals surface area contributed by atoms with Crippen molar-refractivity contribution in [2.75, 3.05) is 17.7 Å². The van der Waals surface area contributed by atoms with E-state index in [1.807, 2.05) is 24.3 Å². The molecule has 0 unspecified atom stereocenters. The number of hydrogen-bond acceptors (Lipinski definition) is 8. The Labute approximate surface area is 222 Å². The van der Waals surface area contributed by atoms with Crippen LogP contribution >= 0.6 is 11.6 Å². The van der Waals surface area contributed by atoms with E-state index in [2.05, 4.69) is 37.4 Å². The average Bonchev–Trinajstić information content (AvgIpc) is 3.12. The Hall–Kier alpha value is -3.54. The largest absolute Gasteiger partial charge is 0.495 e. The molecule has 1 aliphatic carbocycles. The third kappa shape index (κ3) is 7.97. The van der Waals surface area contributed by atoms with Crippen LogP contribution in [0.3, 0.4) is 0 Å². The van der Waals surface area contributed by atoms with Crippen LogP contribution in [0, 0.1) is 11.8 Å². The van der Waals surface area contributed by atoms with E-state index in [4.69, 9.17) is 21.1 Å².